The molecule has 2 rings (SSSR count). The molecular formula is C7H8O. The molecule has 0 amide bonds. The smallest absolute Gasteiger partial charge is 0.0978 e. The maximum absolute atomic E-state index is 5.38. The molecule has 2 aliphatic heterocycles. The summed E-state index contributed by atoms with van der Waals surface area (Å²) in [6.45, 7) is 2.11. The molecule has 2 atom stereocenters. The van der Waals surface area contributed by atoms with Crippen LogP contribution in [0.15, 0.2) is 23.8 Å². The molecule has 1 nitrogen and oxygen atoms in total. The van der Waals surface area contributed by atoms with Gasteiger partial charge in [-0.2, -0.15) is 0 Å². The van der Waals surface area contributed by atoms with E-state index in [0.29, 0.717) is 12.2 Å². The second-order valence-electron chi connectivity index (χ2n) is 2.32. The van der Waals surface area contributed by atoms with Crippen LogP contribution in [0, 0.1) is 0 Å². The van der Waals surface area contributed by atoms with E-state index in [9.17, 15) is 0 Å². The fourth-order valence-electron chi connectivity index (χ4n) is 1.18. The van der Waals surface area contributed by atoms with Gasteiger partial charge >= 0.3 is 0 Å². The van der Waals surface area contributed by atoms with Gasteiger partial charge in [0.2, 0.25) is 0 Å². The van der Waals surface area contributed by atoms with Gasteiger partial charge in [-0.1, -0.05) is 18.2 Å². The Balaban J connectivity index is 2.36. The molecule has 42 valence electrons. The van der Waals surface area contributed by atoms with Crippen molar-refractivity contribution in [3.05, 3.63) is 23.8 Å². The highest BCUT2D eigenvalue weighted by atomic mass is 16.5. The Morgan fingerprint density at radius 2 is 2.38 bits per heavy atom. The van der Waals surface area contributed by atoms with Crippen LogP contribution in [0.1, 0.15) is 6.92 Å². The lowest BCUT2D eigenvalue weighted by atomic mass is 10.1. The molecule has 2 aliphatic rings. The summed E-state index contributed by atoms with van der Waals surface area (Å²) < 4.78 is 5.38. The molecule has 0 aromatic carbocycles. The number of hydrogen-bond acceptors (Lipinski definition) is 1. The van der Waals surface area contributed by atoms with Gasteiger partial charge in [0.15, 0.2) is 0 Å². The molecule has 0 N–H and O–H groups in total. The van der Waals surface area contributed by atoms with Crippen molar-refractivity contribution in [2.45, 2.75) is 19.1 Å². The van der Waals surface area contributed by atoms with Gasteiger partial charge < -0.3 is 4.74 Å². The third-order valence-electron chi connectivity index (χ3n) is 1.66. The maximum Gasteiger partial charge on any atom is 0.0978 e. The summed E-state index contributed by atoms with van der Waals surface area (Å²) in [5, 5.41) is 0. The topological polar surface area (TPSA) is 9.23 Å². The highest BCUT2D eigenvalue weighted by Gasteiger charge is 2.25. The lowest BCUT2D eigenvalue weighted by molar-refractivity contribution is 0.132. The van der Waals surface area contributed by atoms with Gasteiger partial charge in [0.05, 0.1) is 12.2 Å². The minimum atomic E-state index is 0.306. The molecule has 1 heteroatoms. The number of hydrogen-bond donors (Lipinski definition) is 0. The van der Waals surface area contributed by atoms with Crippen LogP contribution >= 0.6 is 0 Å². The summed E-state index contributed by atoms with van der Waals surface area (Å²) in [6, 6.07) is 0. The average Bonchev–Trinajstić information content (AvgIpc) is 2.23. The first kappa shape index (κ1) is 4.33. The summed E-state index contributed by atoms with van der Waals surface area (Å²) in [7, 11) is 0. The summed E-state index contributed by atoms with van der Waals surface area (Å²) in [5.41, 5.74) is 1.36. The quantitative estimate of drug-likeness (QED) is 0.424. The average molecular weight is 108 g/mol. The molecular weight excluding hydrogens is 100 g/mol. The van der Waals surface area contributed by atoms with Crippen molar-refractivity contribution >= 4 is 0 Å². The van der Waals surface area contributed by atoms with Gasteiger partial charge in [-0.15, -0.1) is 0 Å². The third kappa shape index (κ3) is 0.397. The van der Waals surface area contributed by atoms with E-state index in [1.54, 1.807) is 0 Å². The molecule has 0 aromatic heterocycles. The van der Waals surface area contributed by atoms with Gasteiger partial charge in [-0.3, -0.25) is 0 Å². The molecule has 2 heterocycles. The lowest BCUT2D eigenvalue weighted by Crippen LogP contribution is -2.00. The largest absolute Gasteiger partial charge is 0.358 e. The second kappa shape index (κ2) is 1.23. The standard InChI is InChI=1S/C7H8O/c1-5-4-6-2-3-7(5)8-6/h2-4,6-7H,1H3. The normalized spacial score (nSPS) is 40.9. The van der Waals surface area contributed by atoms with Crippen molar-refractivity contribution in [2.75, 3.05) is 0 Å². The summed E-state index contributed by atoms with van der Waals surface area (Å²) >= 11 is 0. The van der Waals surface area contributed by atoms with Crippen LogP contribution in [-0.2, 0) is 4.74 Å². The molecule has 0 fully saturated rings. The molecule has 2 unspecified atom stereocenters. The zero-order valence-corrected chi connectivity index (χ0v) is 4.79. The van der Waals surface area contributed by atoms with Crippen LogP contribution in [0.25, 0.3) is 0 Å². The predicted molar refractivity (Wildman–Crippen MR) is 31.6 cm³/mol. The van der Waals surface area contributed by atoms with E-state index in [-0.39, 0.29) is 0 Å². The molecule has 0 aromatic rings. The van der Waals surface area contributed by atoms with E-state index in [1.165, 1.54) is 5.57 Å². The van der Waals surface area contributed by atoms with Crippen LogP contribution in [0.4, 0.5) is 0 Å². The number of rotatable bonds is 0. The fraction of sp³-hybridized carbons (Fsp3) is 0.429. The first-order chi connectivity index (χ1) is 3.86. The first-order valence-corrected chi connectivity index (χ1v) is 2.88. The maximum atomic E-state index is 5.38. The Labute approximate surface area is 48.7 Å². The van der Waals surface area contributed by atoms with Crippen molar-refractivity contribution < 1.29 is 4.74 Å². The van der Waals surface area contributed by atoms with Gasteiger partial charge in [0.25, 0.3) is 0 Å². The minimum absolute atomic E-state index is 0.306. The van der Waals surface area contributed by atoms with Gasteiger partial charge in [-0.25, -0.2) is 0 Å². The lowest BCUT2D eigenvalue weighted by Gasteiger charge is -1.99. The van der Waals surface area contributed by atoms with E-state index in [2.05, 4.69) is 25.2 Å². The van der Waals surface area contributed by atoms with Gasteiger partial charge in [0, 0.05) is 0 Å². The molecule has 0 radical (unpaired) electrons. The second-order valence-corrected chi connectivity index (χ2v) is 2.32. The summed E-state index contributed by atoms with van der Waals surface area (Å²) in [5.74, 6) is 0. The SMILES string of the molecule is CC1=CC2C=CC1O2. The fourth-order valence-corrected chi connectivity index (χ4v) is 1.18. The molecule has 0 spiro atoms. The minimum Gasteiger partial charge on any atom is -0.358 e. The number of ether oxygens (including phenoxy) is 1. The van der Waals surface area contributed by atoms with Crippen molar-refractivity contribution in [2.24, 2.45) is 0 Å². The Kier molecular flexibility index (Phi) is 0.667. The molecule has 8 heavy (non-hydrogen) atoms. The van der Waals surface area contributed by atoms with E-state index in [4.69, 9.17) is 4.74 Å². The Morgan fingerprint density at radius 3 is 2.62 bits per heavy atom. The molecule has 0 saturated carbocycles. The van der Waals surface area contributed by atoms with Gasteiger partial charge in [-0.05, 0) is 12.5 Å². The Morgan fingerprint density at radius 1 is 1.50 bits per heavy atom. The summed E-state index contributed by atoms with van der Waals surface area (Å²) in [6.07, 6.45) is 6.99. The van der Waals surface area contributed by atoms with Gasteiger partial charge in [0.1, 0.15) is 0 Å². The monoisotopic (exact) mass is 108 g/mol. The van der Waals surface area contributed by atoms with E-state index in [1.807, 2.05) is 0 Å². The van der Waals surface area contributed by atoms with Crippen molar-refractivity contribution in [1.29, 1.82) is 0 Å². The van der Waals surface area contributed by atoms with E-state index in [0.717, 1.165) is 0 Å². The molecule has 2 bridgehead atoms. The molecule has 0 saturated heterocycles. The van der Waals surface area contributed by atoms with Crippen LogP contribution in [0.3, 0.4) is 0 Å². The number of fused-ring (bicyclic) bond motifs is 2. The third-order valence-corrected chi connectivity index (χ3v) is 1.66. The zero-order chi connectivity index (χ0) is 5.56. The van der Waals surface area contributed by atoms with Crippen molar-refractivity contribution in [3.63, 3.8) is 0 Å². The van der Waals surface area contributed by atoms with Crippen LogP contribution < -0.4 is 0 Å². The van der Waals surface area contributed by atoms with Crippen molar-refractivity contribution in [3.8, 4) is 0 Å². The zero-order valence-electron chi connectivity index (χ0n) is 4.79. The molecule has 0 aliphatic carbocycles. The Bertz CT molecular complexity index is 167. The highest BCUT2D eigenvalue weighted by Crippen LogP contribution is 2.26. The van der Waals surface area contributed by atoms with E-state index >= 15 is 0 Å². The summed E-state index contributed by atoms with van der Waals surface area (Å²) in [4.78, 5) is 0. The van der Waals surface area contributed by atoms with Crippen molar-refractivity contribution in [1.82, 2.24) is 0 Å². The van der Waals surface area contributed by atoms with E-state index < -0.39 is 0 Å². The van der Waals surface area contributed by atoms with Crippen LogP contribution in [0.2, 0.25) is 0 Å². The van der Waals surface area contributed by atoms with Crippen LogP contribution in [-0.4, -0.2) is 12.2 Å². The van der Waals surface area contributed by atoms with Crippen LogP contribution in [0.5, 0.6) is 0 Å². The predicted octanol–water partition coefficient (Wildman–Crippen LogP) is 1.27. The first-order valence-electron chi connectivity index (χ1n) is 2.88. The highest BCUT2D eigenvalue weighted by molar-refractivity contribution is 5.29. The Hall–Kier alpha value is -0.560.